The molecule has 0 aliphatic carbocycles. The number of nitrogens with one attached hydrogen (secondary N) is 1. The number of amides is 2. The summed E-state index contributed by atoms with van der Waals surface area (Å²) >= 11 is 0. The van der Waals surface area contributed by atoms with Crippen LogP contribution in [-0.4, -0.2) is 27.7 Å². The van der Waals surface area contributed by atoms with E-state index in [-0.39, 0.29) is 5.91 Å². The average molecular weight is 364 g/mol. The predicted octanol–water partition coefficient (Wildman–Crippen LogP) is 2.69. The molecule has 0 radical (unpaired) electrons. The second-order valence-electron chi connectivity index (χ2n) is 6.09. The van der Waals surface area contributed by atoms with Crippen molar-refractivity contribution in [3.63, 3.8) is 0 Å². The monoisotopic (exact) mass is 364 g/mol. The minimum atomic E-state index is -0.778. The summed E-state index contributed by atoms with van der Waals surface area (Å²) in [4.78, 5) is 23.6. The summed E-state index contributed by atoms with van der Waals surface area (Å²) in [5, 5.41) is 7.11. The highest BCUT2D eigenvalue weighted by Crippen LogP contribution is 2.19. The lowest BCUT2D eigenvalue weighted by Crippen LogP contribution is -2.30. The number of primary amides is 1. The Morgan fingerprint density at radius 1 is 1.15 bits per heavy atom. The van der Waals surface area contributed by atoms with Crippen molar-refractivity contribution in [1.29, 1.82) is 0 Å². The maximum atomic E-state index is 12.4. The zero-order valence-corrected chi connectivity index (χ0v) is 15.0. The fraction of sp³-hybridized carbons (Fsp3) is 0.150. The molecule has 0 aliphatic rings. The molecule has 0 saturated heterocycles. The van der Waals surface area contributed by atoms with Crippen LogP contribution >= 0.6 is 0 Å². The highest BCUT2D eigenvalue weighted by molar-refractivity contribution is 5.97. The number of para-hydroxylation sites is 1. The Labute approximate surface area is 156 Å². The molecular formula is C20H20N4O3. The summed E-state index contributed by atoms with van der Waals surface area (Å²) in [6, 6.07) is 16.0. The molecule has 7 nitrogen and oxygen atoms in total. The van der Waals surface area contributed by atoms with Gasteiger partial charge in [-0.05, 0) is 44.2 Å². The van der Waals surface area contributed by atoms with E-state index in [1.807, 2.05) is 43.5 Å². The summed E-state index contributed by atoms with van der Waals surface area (Å²) in [5.41, 5.74) is 7.76. The van der Waals surface area contributed by atoms with Crippen LogP contribution in [0.2, 0.25) is 0 Å². The summed E-state index contributed by atoms with van der Waals surface area (Å²) in [6.07, 6.45) is 1.06. The van der Waals surface area contributed by atoms with Crippen LogP contribution in [0.1, 0.15) is 22.8 Å². The number of rotatable bonds is 6. The second-order valence-corrected chi connectivity index (χ2v) is 6.09. The number of ether oxygens (including phenoxy) is 1. The second kappa shape index (κ2) is 7.74. The Balaban J connectivity index is 1.69. The fourth-order valence-electron chi connectivity index (χ4n) is 2.49. The first-order valence-electron chi connectivity index (χ1n) is 8.43. The van der Waals surface area contributed by atoms with Gasteiger partial charge < -0.3 is 15.8 Å². The van der Waals surface area contributed by atoms with E-state index in [0.717, 1.165) is 11.3 Å². The highest BCUT2D eigenvalue weighted by atomic mass is 16.5. The van der Waals surface area contributed by atoms with E-state index in [2.05, 4.69) is 10.4 Å². The molecule has 0 saturated carbocycles. The lowest BCUT2D eigenvalue weighted by molar-refractivity contribution is -0.122. The average Bonchev–Trinajstić information content (AvgIpc) is 3.03. The Morgan fingerprint density at radius 3 is 2.59 bits per heavy atom. The smallest absolute Gasteiger partial charge is 0.265 e. The molecule has 3 aromatic rings. The number of hydrogen-bond donors (Lipinski definition) is 2. The molecule has 7 heteroatoms. The molecule has 0 spiro atoms. The molecule has 138 valence electrons. The highest BCUT2D eigenvalue weighted by Gasteiger charge is 2.18. The first-order chi connectivity index (χ1) is 12.9. The third kappa shape index (κ3) is 4.33. The van der Waals surface area contributed by atoms with Gasteiger partial charge in [0.15, 0.2) is 6.10 Å². The van der Waals surface area contributed by atoms with E-state index in [1.54, 1.807) is 29.8 Å². The lowest BCUT2D eigenvalue weighted by atomic mass is 10.2. The molecule has 3 N–H and O–H groups in total. The Bertz CT molecular complexity index is 966. The van der Waals surface area contributed by atoms with Crippen LogP contribution in [0.15, 0.2) is 60.8 Å². The molecule has 3 rings (SSSR count). The minimum absolute atomic E-state index is 0.318. The van der Waals surface area contributed by atoms with E-state index < -0.39 is 12.0 Å². The maximum absolute atomic E-state index is 12.4. The fourth-order valence-corrected chi connectivity index (χ4v) is 2.49. The lowest BCUT2D eigenvalue weighted by Gasteiger charge is -2.14. The van der Waals surface area contributed by atoms with Crippen molar-refractivity contribution >= 4 is 17.5 Å². The SMILES string of the molecule is Cc1cn(-c2ccccc2)nc1O[C@@H](C)C(=O)Nc1cccc(C(N)=O)c1. The van der Waals surface area contributed by atoms with E-state index >= 15 is 0 Å². The van der Waals surface area contributed by atoms with Gasteiger partial charge in [0.05, 0.1) is 5.69 Å². The molecular weight excluding hydrogens is 344 g/mol. The Morgan fingerprint density at radius 2 is 1.89 bits per heavy atom. The van der Waals surface area contributed by atoms with Gasteiger partial charge >= 0.3 is 0 Å². The molecule has 2 aromatic carbocycles. The first kappa shape index (κ1) is 18.2. The van der Waals surface area contributed by atoms with Gasteiger partial charge in [-0.15, -0.1) is 5.10 Å². The van der Waals surface area contributed by atoms with Gasteiger partial charge in [-0.3, -0.25) is 9.59 Å². The Hall–Kier alpha value is -3.61. The van der Waals surface area contributed by atoms with Gasteiger partial charge in [0.2, 0.25) is 11.8 Å². The van der Waals surface area contributed by atoms with Crippen LogP contribution in [0.5, 0.6) is 5.88 Å². The predicted molar refractivity (Wildman–Crippen MR) is 102 cm³/mol. The zero-order valence-electron chi connectivity index (χ0n) is 15.0. The van der Waals surface area contributed by atoms with E-state index in [4.69, 9.17) is 10.5 Å². The summed E-state index contributed by atoms with van der Waals surface area (Å²) in [7, 11) is 0. The molecule has 27 heavy (non-hydrogen) atoms. The zero-order chi connectivity index (χ0) is 19.4. The number of nitrogens with zero attached hydrogens (tertiary/aromatic N) is 2. The number of hydrogen-bond acceptors (Lipinski definition) is 4. The number of aryl methyl sites for hydroxylation is 1. The summed E-state index contributed by atoms with van der Waals surface area (Å²) in [6.45, 7) is 3.50. The van der Waals surface area contributed by atoms with Crippen molar-refractivity contribution in [2.24, 2.45) is 5.73 Å². The molecule has 0 bridgehead atoms. The molecule has 0 unspecified atom stereocenters. The molecule has 1 atom stereocenters. The number of carbonyl (C=O) groups excluding carboxylic acids is 2. The molecule has 0 aliphatic heterocycles. The first-order valence-corrected chi connectivity index (χ1v) is 8.43. The van der Waals surface area contributed by atoms with Gasteiger partial charge in [-0.2, -0.15) is 0 Å². The molecule has 0 fully saturated rings. The number of anilines is 1. The Kier molecular flexibility index (Phi) is 5.21. The van der Waals surface area contributed by atoms with Crippen LogP contribution < -0.4 is 15.8 Å². The standard InChI is InChI=1S/C20H20N4O3/c1-13-12-24(17-9-4-3-5-10-17)23-20(13)27-14(2)19(26)22-16-8-6-7-15(11-16)18(21)25/h3-12,14H,1-2H3,(H2,21,25)(H,22,26)/t14-/m0/s1. The molecule has 1 heterocycles. The minimum Gasteiger partial charge on any atom is -0.463 e. The van der Waals surface area contributed by atoms with E-state index in [1.165, 1.54) is 6.07 Å². The van der Waals surface area contributed by atoms with Crippen molar-refractivity contribution in [3.05, 3.63) is 71.9 Å². The van der Waals surface area contributed by atoms with Crippen molar-refractivity contribution in [2.75, 3.05) is 5.32 Å². The van der Waals surface area contributed by atoms with Crippen LogP contribution in [0, 0.1) is 6.92 Å². The normalized spacial score (nSPS) is 11.6. The third-order valence-corrected chi connectivity index (χ3v) is 3.94. The van der Waals surface area contributed by atoms with Gasteiger partial charge in [0.1, 0.15) is 0 Å². The van der Waals surface area contributed by atoms with Crippen LogP contribution in [0.25, 0.3) is 5.69 Å². The van der Waals surface area contributed by atoms with Gasteiger partial charge in [0, 0.05) is 23.0 Å². The number of nitrogens with two attached hydrogens (primary N) is 1. The van der Waals surface area contributed by atoms with Gasteiger partial charge in [-0.1, -0.05) is 24.3 Å². The molecule has 1 aromatic heterocycles. The van der Waals surface area contributed by atoms with E-state index in [9.17, 15) is 9.59 Å². The number of carbonyl (C=O) groups is 2. The quantitative estimate of drug-likeness (QED) is 0.702. The largest absolute Gasteiger partial charge is 0.463 e. The summed E-state index contributed by atoms with van der Waals surface area (Å²) in [5.74, 6) is -0.532. The number of aromatic nitrogens is 2. The van der Waals surface area contributed by atoms with E-state index in [0.29, 0.717) is 17.1 Å². The van der Waals surface area contributed by atoms with Crippen LogP contribution in [-0.2, 0) is 4.79 Å². The van der Waals surface area contributed by atoms with Crippen molar-refractivity contribution in [1.82, 2.24) is 9.78 Å². The van der Waals surface area contributed by atoms with Crippen LogP contribution in [0.4, 0.5) is 5.69 Å². The van der Waals surface area contributed by atoms with Crippen molar-refractivity contribution < 1.29 is 14.3 Å². The van der Waals surface area contributed by atoms with Gasteiger partial charge in [-0.25, -0.2) is 4.68 Å². The third-order valence-electron chi connectivity index (χ3n) is 3.94. The summed E-state index contributed by atoms with van der Waals surface area (Å²) < 4.78 is 7.42. The molecule has 2 amide bonds. The van der Waals surface area contributed by atoms with Gasteiger partial charge in [0.25, 0.3) is 5.91 Å². The topological polar surface area (TPSA) is 99.2 Å². The van der Waals surface area contributed by atoms with Crippen molar-refractivity contribution in [3.8, 4) is 11.6 Å². The maximum Gasteiger partial charge on any atom is 0.265 e. The van der Waals surface area contributed by atoms with Crippen molar-refractivity contribution in [2.45, 2.75) is 20.0 Å². The van der Waals surface area contributed by atoms with Crippen LogP contribution in [0.3, 0.4) is 0 Å². The number of benzene rings is 2.